The average Bonchev–Trinajstić information content (AvgIpc) is 2.76. The Morgan fingerprint density at radius 1 is 1.24 bits per heavy atom. The van der Waals surface area contributed by atoms with Gasteiger partial charge in [0.1, 0.15) is 5.82 Å². The molecule has 1 heterocycles. The summed E-state index contributed by atoms with van der Waals surface area (Å²) in [6.45, 7) is 0. The van der Waals surface area contributed by atoms with E-state index in [0.29, 0.717) is 5.82 Å². The zero-order valence-corrected chi connectivity index (χ0v) is 9.22. The Kier molecular flexibility index (Phi) is 2.26. The first kappa shape index (κ1) is 9.84. The lowest BCUT2D eigenvalue weighted by Gasteiger charge is -2.07. The molecule has 1 aliphatic carbocycles. The maximum atomic E-state index is 5.53. The van der Waals surface area contributed by atoms with E-state index < -0.39 is 0 Å². The number of fused-ring (bicyclic) bond motifs is 1. The molecule has 1 aromatic carbocycles. The molecule has 0 amide bonds. The fourth-order valence-electron chi connectivity index (χ4n) is 1.93. The van der Waals surface area contributed by atoms with Crippen LogP contribution in [0.1, 0.15) is 11.1 Å². The van der Waals surface area contributed by atoms with Crippen molar-refractivity contribution >= 4 is 23.5 Å². The molecule has 0 bridgehead atoms. The van der Waals surface area contributed by atoms with Gasteiger partial charge in [-0.25, -0.2) is 4.98 Å². The summed E-state index contributed by atoms with van der Waals surface area (Å²) in [5.74, 6) is 0.987. The first-order valence-electron chi connectivity index (χ1n) is 5.46. The van der Waals surface area contributed by atoms with Gasteiger partial charge in [0.05, 0.1) is 0 Å². The van der Waals surface area contributed by atoms with Crippen molar-refractivity contribution in [3.8, 4) is 0 Å². The molecular formula is C13H12N4. The van der Waals surface area contributed by atoms with E-state index in [9.17, 15) is 0 Å². The fourth-order valence-corrected chi connectivity index (χ4v) is 1.93. The molecule has 0 aliphatic heterocycles. The van der Waals surface area contributed by atoms with Crippen LogP contribution < -0.4 is 11.1 Å². The van der Waals surface area contributed by atoms with Crippen molar-refractivity contribution in [3.63, 3.8) is 0 Å². The SMILES string of the molecule is Nc1nccc(Nc2ccc3c(c2)CC=C3)n1. The summed E-state index contributed by atoms with van der Waals surface area (Å²) in [7, 11) is 0. The summed E-state index contributed by atoms with van der Waals surface area (Å²) < 4.78 is 0. The van der Waals surface area contributed by atoms with Crippen LogP contribution in [-0.2, 0) is 6.42 Å². The van der Waals surface area contributed by atoms with Gasteiger partial charge in [-0.2, -0.15) is 4.98 Å². The zero-order valence-electron chi connectivity index (χ0n) is 9.22. The maximum absolute atomic E-state index is 5.53. The maximum Gasteiger partial charge on any atom is 0.221 e. The molecule has 0 unspecified atom stereocenters. The molecular weight excluding hydrogens is 212 g/mol. The van der Waals surface area contributed by atoms with Crippen molar-refractivity contribution in [3.05, 3.63) is 47.7 Å². The molecule has 0 saturated carbocycles. The van der Waals surface area contributed by atoms with Gasteiger partial charge in [0.15, 0.2) is 0 Å². The number of hydrogen-bond donors (Lipinski definition) is 2. The predicted molar refractivity (Wildman–Crippen MR) is 68.9 cm³/mol. The Hall–Kier alpha value is -2.36. The van der Waals surface area contributed by atoms with Gasteiger partial charge in [0.25, 0.3) is 0 Å². The molecule has 4 nitrogen and oxygen atoms in total. The topological polar surface area (TPSA) is 63.8 Å². The minimum Gasteiger partial charge on any atom is -0.368 e. The Balaban J connectivity index is 1.87. The van der Waals surface area contributed by atoms with Gasteiger partial charge in [-0.15, -0.1) is 0 Å². The highest BCUT2D eigenvalue weighted by atomic mass is 15.1. The number of anilines is 3. The third-order valence-corrected chi connectivity index (χ3v) is 2.72. The molecule has 0 spiro atoms. The van der Waals surface area contributed by atoms with Crippen molar-refractivity contribution in [2.24, 2.45) is 0 Å². The van der Waals surface area contributed by atoms with E-state index in [1.54, 1.807) is 12.3 Å². The normalized spacial score (nSPS) is 12.5. The Labute approximate surface area is 99.2 Å². The van der Waals surface area contributed by atoms with Crippen LogP contribution in [0.2, 0.25) is 0 Å². The molecule has 0 radical (unpaired) electrons. The third-order valence-electron chi connectivity index (χ3n) is 2.72. The smallest absolute Gasteiger partial charge is 0.221 e. The quantitative estimate of drug-likeness (QED) is 0.822. The van der Waals surface area contributed by atoms with Crippen LogP contribution in [0.4, 0.5) is 17.5 Å². The number of nitrogen functional groups attached to an aromatic ring is 1. The number of aromatic nitrogens is 2. The molecule has 17 heavy (non-hydrogen) atoms. The highest BCUT2D eigenvalue weighted by Gasteiger charge is 2.06. The van der Waals surface area contributed by atoms with Crippen molar-refractivity contribution in [2.75, 3.05) is 11.1 Å². The van der Waals surface area contributed by atoms with Gasteiger partial charge >= 0.3 is 0 Å². The molecule has 84 valence electrons. The van der Waals surface area contributed by atoms with Gasteiger partial charge in [-0.05, 0) is 35.7 Å². The van der Waals surface area contributed by atoms with E-state index in [1.165, 1.54) is 11.1 Å². The van der Waals surface area contributed by atoms with E-state index in [0.717, 1.165) is 12.1 Å². The molecule has 1 aliphatic rings. The molecule has 0 saturated heterocycles. The first-order chi connectivity index (χ1) is 8.31. The zero-order chi connectivity index (χ0) is 11.7. The van der Waals surface area contributed by atoms with Gasteiger partial charge in [0, 0.05) is 11.9 Å². The first-order valence-corrected chi connectivity index (χ1v) is 5.46. The van der Waals surface area contributed by atoms with Crippen molar-refractivity contribution in [1.82, 2.24) is 9.97 Å². The van der Waals surface area contributed by atoms with Crippen LogP contribution >= 0.6 is 0 Å². The van der Waals surface area contributed by atoms with Crippen LogP contribution in [-0.4, -0.2) is 9.97 Å². The van der Waals surface area contributed by atoms with Crippen molar-refractivity contribution < 1.29 is 0 Å². The van der Waals surface area contributed by atoms with Crippen LogP contribution in [0.5, 0.6) is 0 Å². The standard InChI is InChI=1S/C13H12N4/c14-13-15-7-6-12(17-13)16-11-5-4-9-2-1-3-10(9)8-11/h1-2,4-8H,3H2,(H3,14,15,16,17). The highest BCUT2D eigenvalue weighted by Crippen LogP contribution is 2.24. The second kappa shape index (κ2) is 3.90. The van der Waals surface area contributed by atoms with Gasteiger partial charge < -0.3 is 11.1 Å². The molecule has 0 fully saturated rings. The Morgan fingerprint density at radius 2 is 2.18 bits per heavy atom. The largest absolute Gasteiger partial charge is 0.368 e. The molecule has 4 heteroatoms. The van der Waals surface area contributed by atoms with Crippen molar-refractivity contribution in [1.29, 1.82) is 0 Å². The second-order valence-corrected chi connectivity index (χ2v) is 3.95. The number of hydrogen-bond acceptors (Lipinski definition) is 4. The molecule has 2 aromatic rings. The van der Waals surface area contributed by atoms with Crippen LogP contribution in [0, 0.1) is 0 Å². The van der Waals surface area contributed by atoms with Crippen LogP contribution in [0.15, 0.2) is 36.5 Å². The third kappa shape index (κ3) is 1.97. The monoisotopic (exact) mass is 224 g/mol. The number of nitrogens with one attached hydrogen (secondary N) is 1. The van der Waals surface area contributed by atoms with E-state index in [2.05, 4.69) is 39.6 Å². The summed E-state index contributed by atoms with van der Waals surface area (Å²) in [6.07, 6.45) is 6.94. The summed E-state index contributed by atoms with van der Waals surface area (Å²) in [5, 5.41) is 3.22. The van der Waals surface area contributed by atoms with E-state index in [1.807, 2.05) is 6.07 Å². The number of allylic oxidation sites excluding steroid dienone is 1. The lowest BCUT2D eigenvalue weighted by atomic mass is 10.1. The number of nitrogens with two attached hydrogens (primary N) is 1. The number of nitrogens with zero attached hydrogens (tertiary/aromatic N) is 2. The van der Waals surface area contributed by atoms with E-state index in [-0.39, 0.29) is 5.95 Å². The Bertz CT molecular complexity index is 590. The molecule has 3 rings (SSSR count). The summed E-state index contributed by atoms with van der Waals surface area (Å²) in [5.41, 5.74) is 9.17. The van der Waals surface area contributed by atoms with E-state index >= 15 is 0 Å². The predicted octanol–water partition coefficient (Wildman–Crippen LogP) is 2.37. The van der Waals surface area contributed by atoms with Gasteiger partial charge in [-0.3, -0.25) is 0 Å². The van der Waals surface area contributed by atoms with Crippen LogP contribution in [0.25, 0.3) is 6.08 Å². The van der Waals surface area contributed by atoms with E-state index in [4.69, 9.17) is 5.73 Å². The van der Waals surface area contributed by atoms with Crippen molar-refractivity contribution in [2.45, 2.75) is 6.42 Å². The minimum atomic E-state index is 0.276. The second-order valence-electron chi connectivity index (χ2n) is 3.95. The Morgan fingerprint density at radius 3 is 3.06 bits per heavy atom. The molecule has 3 N–H and O–H groups in total. The lowest BCUT2D eigenvalue weighted by molar-refractivity contribution is 1.18. The van der Waals surface area contributed by atoms with Gasteiger partial charge in [-0.1, -0.05) is 18.2 Å². The van der Waals surface area contributed by atoms with Crippen LogP contribution in [0.3, 0.4) is 0 Å². The number of benzene rings is 1. The summed E-state index contributed by atoms with van der Waals surface area (Å²) in [4.78, 5) is 7.96. The fraction of sp³-hybridized carbons (Fsp3) is 0.0769. The number of rotatable bonds is 2. The average molecular weight is 224 g/mol. The summed E-state index contributed by atoms with van der Waals surface area (Å²) in [6, 6.07) is 8.06. The minimum absolute atomic E-state index is 0.276. The molecule has 1 aromatic heterocycles. The summed E-state index contributed by atoms with van der Waals surface area (Å²) >= 11 is 0. The molecule has 0 atom stereocenters. The van der Waals surface area contributed by atoms with Gasteiger partial charge in [0.2, 0.25) is 5.95 Å². The lowest BCUT2D eigenvalue weighted by Crippen LogP contribution is -1.99. The highest BCUT2D eigenvalue weighted by molar-refractivity contribution is 5.66.